The summed E-state index contributed by atoms with van der Waals surface area (Å²) in [6.07, 6.45) is 0.580. The number of ketones is 1. The molecule has 2 aromatic carbocycles. The Morgan fingerprint density at radius 2 is 1.84 bits per heavy atom. The molecule has 3 nitrogen and oxygen atoms in total. The van der Waals surface area contributed by atoms with Crippen LogP contribution in [0.2, 0.25) is 0 Å². The SMILES string of the molecule is COc1ccc(Cc2cccc(C(C)=O)c2O)cc1. The van der Waals surface area contributed by atoms with E-state index < -0.39 is 0 Å². The van der Waals surface area contributed by atoms with E-state index in [-0.39, 0.29) is 11.5 Å². The second-order valence-electron chi connectivity index (χ2n) is 4.39. The van der Waals surface area contributed by atoms with Crippen LogP contribution in [0.15, 0.2) is 42.5 Å². The van der Waals surface area contributed by atoms with Gasteiger partial charge in [-0.15, -0.1) is 0 Å². The largest absolute Gasteiger partial charge is 0.507 e. The molecule has 0 unspecified atom stereocenters. The van der Waals surface area contributed by atoms with Crippen molar-refractivity contribution >= 4 is 5.78 Å². The van der Waals surface area contributed by atoms with Crippen LogP contribution in [0.5, 0.6) is 11.5 Å². The lowest BCUT2D eigenvalue weighted by Gasteiger charge is -2.08. The van der Waals surface area contributed by atoms with Gasteiger partial charge in [-0.1, -0.05) is 24.3 Å². The molecule has 0 amide bonds. The molecule has 0 aliphatic heterocycles. The van der Waals surface area contributed by atoms with Gasteiger partial charge in [0.05, 0.1) is 12.7 Å². The number of phenols is 1. The van der Waals surface area contributed by atoms with Crippen LogP contribution in [-0.4, -0.2) is 18.0 Å². The topological polar surface area (TPSA) is 46.5 Å². The Kier molecular flexibility index (Phi) is 3.85. The van der Waals surface area contributed by atoms with Crippen LogP contribution in [0.1, 0.15) is 28.4 Å². The first-order chi connectivity index (χ1) is 9.11. The minimum absolute atomic E-state index is 0.0748. The number of carbonyl (C=O) groups excluding carboxylic acids is 1. The van der Waals surface area contributed by atoms with Crippen molar-refractivity contribution < 1.29 is 14.6 Å². The van der Waals surface area contributed by atoms with E-state index in [2.05, 4.69) is 0 Å². The zero-order valence-electron chi connectivity index (χ0n) is 11.0. The number of para-hydroxylation sites is 1. The highest BCUT2D eigenvalue weighted by atomic mass is 16.5. The molecular formula is C16H16O3. The van der Waals surface area contributed by atoms with E-state index in [9.17, 15) is 9.90 Å². The summed E-state index contributed by atoms with van der Waals surface area (Å²) in [6.45, 7) is 1.45. The first-order valence-corrected chi connectivity index (χ1v) is 6.06. The van der Waals surface area contributed by atoms with Crippen molar-refractivity contribution in [3.05, 3.63) is 59.2 Å². The number of aromatic hydroxyl groups is 1. The molecule has 19 heavy (non-hydrogen) atoms. The molecule has 2 rings (SSSR count). The van der Waals surface area contributed by atoms with Crippen molar-refractivity contribution in [2.45, 2.75) is 13.3 Å². The predicted octanol–water partition coefficient (Wildman–Crippen LogP) is 3.19. The Morgan fingerprint density at radius 3 is 2.42 bits per heavy atom. The van der Waals surface area contributed by atoms with E-state index in [0.29, 0.717) is 12.0 Å². The summed E-state index contributed by atoms with van der Waals surface area (Å²) >= 11 is 0. The summed E-state index contributed by atoms with van der Waals surface area (Å²) in [6, 6.07) is 12.9. The Morgan fingerprint density at radius 1 is 1.16 bits per heavy atom. The minimum Gasteiger partial charge on any atom is -0.507 e. The molecule has 0 aliphatic carbocycles. The molecule has 0 saturated heterocycles. The summed E-state index contributed by atoms with van der Waals surface area (Å²) in [7, 11) is 1.62. The van der Waals surface area contributed by atoms with E-state index in [1.807, 2.05) is 30.3 Å². The van der Waals surface area contributed by atoms with E-state index in [1.54, 1.807) is 19.2 Å². The molecule has 3 heteroatoms. The highest BCUT2D eigenvalue weighted by molar-refractivity contribution is 5.97. The average Bonchev–Trinajstić information content (AvgIpc) is 2.41. The fourth-order valence-corrected chi connectivity index (χ4v) is 1.98. The van der Waals surface area contributed by atoms with E-state index in [1.165, 1.54) is 6.92 Å². The predicted molar refractivity (Wildman–Crippen MR) is 73.9 cm³/mol. The molecule has 0 spiro atoms. The summed E-state index contributed by atoms with van der Waals surface area (Å²) in [4.78, 5) is 11.4. The standard InChI is InChI=1S/C16H16O3/c1-11(17)15-5-3-4-13(16(15)18)10-12-6-8-14(19-2)9-7-12/h3-9,18H,10H2,1-2H3. The van der Waals surface area contributed by atoms with Gasteiger partial charge >= 0.3 is 0 Å². The molecule has 0 bridgehead atoms. The molecule has 0 saturated carbocycles. The van der Waals surface area contributed by atoms with Crippen molar-refractivity contribution in [1.82, 2.24) is 0 Å². The van der Waals surface area contributed by atoms with E-state index in [0.717, 1.165) is 16.9 Å². The molecule has 0 atom stereocenters. The third kappa shape index (κ3) is 2.94. The van der Waals surface area contributed by atoms with Gasteiger partial charge < -0.3 is 9.84 Å². The maximum atomic E-state index is 11.4. The number of carbonyl (C=O) groups is 1. The van der Waals surface area contributed by atoms with Crippen LogP contribution in [0.4, 0.5) is 0 Å². The van der Waals surface area contributed by atoms with Crippen molar-refractivity contribution in [3.8, 4) is 11.5 Å². The Hall–Kier alpha value is -2.29. The number of rotatable bonds is 4. The monoisotopic (exact) mass is 256 g/mol. The summed E-state index contributed by atoms with van der Waals surface area (Å²) < 4.78 is 5.10. The van der Waals surface area contributed by atoms with Gasteiger partial charge in [-0.2, -0.15) is 0 Å². The maximum absolute atomic E-state index is 11.4. The fourth-order valence-electron chi connectivity index (χ4n) is 1.98. The first kappa shape index (κ1) is 13.1. The molecular weight excluding hydrogens is 240 g/mol. The van der Waals surface area contributed by atoms with Crippen molar-refractivity contribution in [2.75, 3.05) is 7.11 Å². The second-order valence-corrected chi connectivity index (χ2v) is 4.39. The highest BCUT2D eigenvalue weighted by Crippen LogP contribution is 2.25. The average molecular weight is 256 g/mol. The van der Waals surface area contributed by atoms with Gasteiger partial charge in [0.15, 0.2) is 5.78 Å². The smallest absolute Gasteiger partial charge is 0.163 e. The van der Waals surface area contributed by atoms with Gasteiger partial charge in [0.2, 0.25) is 0 Å². The molecule has 0 radical (unpaired) electrons. The van der Waals surface area contributed by atoms with Crippen LogP contribution in [-0.2, 0) is 6.42 Å². The number of phenolic OH excluding ortho intramolecular Hbond substituents is 1. The molecule has 0 heterocycles. The normalized spacial score (nSPS) is 10.2. The third-order valence-corrected chi connectivity index (χ3v) is 3.05. The quantitative estimate of drug-likeness (QED) is 0.854. The van der Waals surface area contributed by atoms with Gasteiger partial charge in [0.25, 0.3) is 0 Å². The van der Waals surface area contributed by atoms with Crippen molar-refractivity contribution in [1.29, 1.82) is 0 Å². The fraction of sp³-hybridized carbons (Fsp3) is 0.188. The summed E-state index contributed by atoms with van der Waals surface area (Å²) in [5.74, 6) is 0.741. The Labute approximate surface area is 112 Å². The zero-order valence-corrected chi connectivity index (χ0v) is 11.0. The Balaban J connectivity index is 2.27. The van der Waals surface area contributed by atoms with Crippen LogP contribution in [0, 0.1) is 0 Å². The Bertz CT molecular complexity index is 585. The van der Waals surface area contributed by atoms with Crippen LogP contribution in [0.3, 0.4) is 0 Å². The summed E-state index contributed by atoms with van der Waals surface area (Å²) in [5.41, 5.74) is 2.17. The van der Waals surface area contributed by atoms with Crippen LogP contribution in [0.25, 0.3) is 0 Å². The second kappa shape index (κ2) is 5.57. The maximum Gasteiger partial charge on any atom is 0.163 e. The van der Waals surface area contributed by atoms with Gasteiger partial charge in [-0.25, -0.2) is 0 Å². The molecule has 0 fully saturated rings. The van der Waals surface area contributed by atoms with E-state index in [4.69, 9.17) is 4.74 Å². The van der Waals surface area contributed by atoms with Crippen LogP contribution < -0.4 is 4.74 Å². The van der Waals surface area contributed by atoms with Crippen molar-refractivity contribution in [2.24, 2.45) is 0 Å². The zero-order chi connectivity index (χ0) is 13.8. The molecule has 2 aromatic rings. The summed E-state index contributed by atoms with van der Waals surface area (Å²) in [5, 5.41) is 10.1. The molecule has 98 valence electrons. The van der Waals surface area contributed by atoms with Crippen molar-refractivity contribution in [3.63, 3.8) is 0 Å². The third-order valence-electron chi connectivity index (χ3n) is 3.05. The van der Waals surface area contributed by atoms with Gasteiger partial charge in [-0.05, 0) is 36.2 Å². The lowest BCUT2D eigenvalue weighted by molar-refractivity contribution is 0.101. The van der Waals surface area contributed by atoms with E-state index >= 15 is 0 Å². The lowest BCUT2D eigenvalue weighted by Crippen LogP contribution is -1.97. The molecule has 0 aliphatic rings. The molecule has 1 N–H and O–H groups in total. The number of ether oxygens (including phenoxy) is 1. The number of hydrogen-bond acceptors (Lipinski definition) is 3. The first-order valence-electron chi connectivity index (χ1n) is 6.06. The minimum atomic E-state index is -0.130. The van der Waals surface area contributed by atoms with Crippen LogP contribution >= 0.6 is 0 Å². The van der Waals surface area contributed by atoms with Gasteiger partial charge in [0, 0.05) is 6.42 Å². The highest BCUT2D eigenvalue weighted by Gasteiger charge is 2.10. The number of hydrogen-bond donors (Lipinski definition) is 1. The van der Waals surface area contributed by atoms with Gasteiger partial charge in [-0.3, -0.25) is 4.79 Å². The number of Topliss-reactive ketones (excluding diaryl/α,β-unsaturated/α-hetero) is 1. The molecule has 0 aromatic heterocycles. The van der Waals surface area contributed by atoms with Gasteiger partial charge in [0.1, 0.15) is 11.5 Å². The number of methoxy groups -OCH3 is 1. The number of benzene rings is 2. The lowest BCUT2D eigenvalue weighted by atomic mass is 10.00.